The van der Waals surface area contributed by atoms with Crippen molar-refractivity contribution in [3.05, 3.63) is 34.4 Å². The summed E-state index contributed by atoms with van der Waals surface area (Å²) in [7, 11) is -4.25. The van der Waals surface area contributed by atoms with Gasteiger partial charge in [-0.3, -0.25) is 14.9 Å². The van der Waals surface area contributed by atoms with Crippen LogP contribution in [0.1, 0.15) is 20.3 Å². The lowest BCUT2D eigenvalue weighted by molar-refractivity contribution is -0.387. The van der Waals surface area contributed by atoms with E-state index in [9.17, 15) is 23.3 Å². The summed E-state index contributed by atoms with van der Waals surface area (Å²) >= 11 is 3.14. The van der Waals surface area contributed by atoms with Crippen LogP contribution in [0, 0.1) is 10.1 Å². The molecule has 10 heteroatoms. The molecule has 0 aliphatic carbocycles. The van der Waals surface area contributed by atoms with Crippen LogP contribution < -0.4 is 4.72 Å². The van der Waals surface area contributed by atoms with E-state index in [0.717, 1.165) is 12.1 Å². The summed E-state index contributed by atoms with van der Waals surface area (Å²) < 4.78 is 32.0. The van der Waals surface area contributed by atoms with Crippen molar-refractivity contribution in [3.63, 3.8) is 0 Å². The quantitative estimate of drug-likeness (QED) is 0.304. The summed E-state index contributed by atoms with van der Waals surface area (Å²) in [6.07, 6.45) is -0.262. The minimum Gasteiger partial charge on any atom is -0.462 e. The smallest absolute Gasteiger partial charge is 0.324 e. The molecule has 0 amide bonds. The number of esters is 1. The van der Waals surface area contributed by atoms with Crippen molar-refractivity contribution >= 4 is 37.6 Å². The molecule has 0 unspecified atom stereocenters. The van der Waals surface area contributed by atoms with Gasteiger partial charge in [-0.2, -0.15) is 4.72 Å². The predicted molar refractivity (Wildman–Crippen MR) is 86.8 cm³/mol. The van der Waals surface area contributed by atoms with Crippen molar-refractivity contribution < 1.29 is 22.9 Å². The van der Waals surface area contributed by atoms with E-state index in [1.165, 1.54) is 12.1 Å². The van der Waals surface area contributed by atoms with Gasteiger partial charge in [0.15, 0.2) is 4.90 Å². The van der Waals surface area contributed by atoms with Crippen molar-refractivity contribution in [1.29, 1.82) is 0 Å². The molecule has 8 nitrogen and oxygen atoms in total. The van der Waals surface area contributed by atoms with Crippen molar-refractivity contribution in [2.24, 2.45) is 0 Å². The van der Waals surface area contributed by atoms with E-state index in [1.54, 1.807) is 13.8 Å². The number of sulfonamides is 1. The first-order valence-corrected chi connectivity index (χ1v) is 9.31. The van der Waals surface area contributed by atoms with Crippen LogP contribution in [0.15, 0.2) is 29.2 Å². The fourth-order valence-electron chi connectivity index (χ4n) is 1.73. The summed E-state index contributed by atoms with van der Waals surface area (Å²) in [5, 5.41) is 11.3. The van der Waals surface area contributed by atoms with Gasteiger partial charge in [-0.1, -0.05) is 28.1 Å². The number of nitro groups is 1. The second-order valence-electron chi connectivity index (χ2n) is 4.86. The number of ether oxygens (including phenoxy) is 1. The number of benzene rings is 1. The Bertz CT molecular complexity index is 677. The van der Waals surface area contributed by atoms with Gasteiger partial charge >= 0.3 is 5.97 Å². The monoisotopic (exact) mass is 408 g/mol. The zero-order valence-electron chi connectivity index (χ0n) is 12.6. The molecule has 0 aliphatic heterocycles. The summed E-state index contributed by atoms with van der Waals surface area (Å²) in [6, 6.07) is 3.79. The molecular formula is C13H17BrN2O6S. The number of para-hydroxylation sites is 1. The van der Waals surface area contributed by atoms with Crippen molar-refractivity contribution in [1.82, 2.24) is 4.72 Å². The van der Waals surface area contributed by atoms with Gasteiger partial charge in [0.25, 0.3) is 5.69 Å². The Hall–Kier alpha value is -1.52. The van der Waals surface area contributed by atoms with E-state index in [-0.39, 0.29) is 6.42 Å². The van der Waals surface area contributed by atoms with Crippen LogP contribution >= 0.6 is 15.9 Å². The summed E-state index contributed by atoms with van der Waals surface area (Å²) in [4.78, 5) is 21.7. The van der Waals surface area contributed by atoms with E-state index in [1.807, 2.05) is 0 Å². The van der Waals surface area contributed by atoms with E-state index in [4.69, 9.17) is 4.74 Å². The van der Waals surface area contributed by atoms with Crippen LogP contribution in [-0.2, 0) is 19.6 Å². The lowest BCUT2D eigenvalue weighted by atomic mass is 10.2. The van der Waals surface area contributed by atoms with Crippen LogP contribution in [0.4, 0.5) is 5.69 Å². The zero-order chi connectivity index (χ0) is 17.6. The number of alkyl halides is 1. The third-order valence-corrected chi connectivity index (χ3v) is 4.66. The average molecular weight is 409 g/mol. The molecule has 1 rings (SSSR count). The Kier molecular flexibility index (Phi) is 7.10. The topological polar surface area (TPSA) is 116 Å². The number of nitrogens with zero attached hydrogens (tertiary/aromatic N) is 1. The Morgan fingerprint density at radius 2 is 2.00 bits per heavy atom. The minimum atomic E-state index is -4.25. The Morgan fingerprint density at radius 1 is 1.39 bits per heavy atom. The lowest BCUT2D eigenvalue weighted by Crippen LogP contribution is -2.42. The lowest BCUT2D eigenvalue weighted by Gasteiger charge is -2.18. The molecule has 128 valence electrons. The third-order valence-electron chi connectivity index (χ3n) is 2.68. The summed E-state index contributed by atoms with van der Waals surface area (Å²) in [5.74, 6) is -0.735. The maximum atomic E-state index is 12.4. The number of hydrogen-bond acceptors (Lipinski definition) is 6. The number of halogens is 1. The molecule has 0 bridgehead atoms. The van der Waals surface area contributed by atoms with Crippen LogP contribution in [0.25, 0.3) is 0 Å². The molecule has 1 aromatic rings. The van der Waals surface area contributed by atoms with Gasteiger partial charge in [-0.25, -0.2) is 8.42 Å². The largest absolute Gasteiger partial charge is 0.462 e. The molecule has 0 fully saturated rings. The third kappa shape index (κ3) is 5.56. The van der Waals surface area contributed by atoms with Gasteiger partial charge in [0.1, 0.15) is 6.04 Å². The first-order valence-electron chi connectivity index (χ1n) is 6.71. The van der Waals surface area contributed by atoms with Crippen molar-refractivity contribution in [2.45, 2.75) is 37.3 Å². The SMILES string of the molecule is CC(C)OC(=O)[C@H](CCBr)NS(=O)(=O)c1ccccc1[N+](=O)[O-]. The van der Waals surface area contributed by atoms with Crippen LogP contribution in [0.3, 0.4) is 0 Å². The molecule has 1 N–H and O–H groups in total. The molecule has 0 aliphatic rings. The molecular weight excluding hydrogens is 392 g/mol. The first kappa shape index (κ1) is 19.5. The molecule has 1 atom stereocenters. The normalized spacial score (nSPS) is 12.9. The molecule has 0 saturated carbocycles. The maximum Gasteiger partial charge on any atom is 0.324 e. The standard InChI is InChI=1S/C13H17BrN2O6S/c1-9(2)22-13(17)10(7-8-14)15-23(20,21)12-6-4-3-5-11(12)16(18)19/h3-6,9-10,15H,7-8H2,1-2H3/t10-/m0/s1. The Morgan fingerprint density at radius 3 is 2.52 bits per heavy atom. The van der Waals surface area contributed by atoms with Crippen LogP contribution in [-0.4, -0.2) is 36.8 Å². The van der Waals surface area contributed by atoms with Gasteiger partial charge in [-0.05, 0) is 26.3 Å². The minimum absolute atomic E-state index is 0.144. The number of carbonyl (C=O) groups excluding carboxylic acids is 1. The molecule has 0 radical (unpaired) electrons. The van der Waals surface area contributed by atoms with E-state index < -0.39 is 43.6 Å². The van der Waals surface area contributed by atoms with E-state index in [0.29, 0.717) is 5.33 Å². The molecule has 0 saturated heterocycles. The second-order valence-corrected chi connectivity index (χ2v) is 7.34. The summed E-state index contributed by atoms with van der Waals surface area (Å²) in [5.41, 5.74) is -0.560. The highest BCUT2D eigenvalue weighted by molar-refractivity contribution is 9.09. The number of nitro benzene ring substituents is 1. The first-order chi connectivity index (χ1) is 10.7. The second kappa shape index (κ2) is 8.37. The molecule has 23 heavy (non-hydrogen) atoms. The zero-order valence-corrected chi connectivity index (χ0v) is 15.0. The fraction of sp³-hybridized carbons (Fsp3) is 0.462. The Balaban J connectivity index is 3.12. The van der Waals surface area contributed by atoms with Crippen LogP contribution in [0.2, 0.25) is 0 Å². The van der Waals surface area contributed by atoms with Gasteiger partial charge in [0, 0.05) is 11.4 Å². The molecule has 0 aromatic heterocycles. The molecule has 1 aromatic carbocycles. The molecule has 0 heterocycles. The van der Waals surface area contributed by atoms with E-state index >= 15 is 0 Å². The number of hydrogen-bond donors (Lipinski definition) is 1. The molecule has 0 spiro atoms. The van der Waals surface area contributed by atoms with Gasteiger partial charge < -0.3 is 4.74 Å². The maximum absolute atomic E-state index is 12.4. The van der Waals surface area contributed by atoms with Crippen molar-refractivity contribution in [2.75, 3.05) is 5.33 Å². The fourth-order valence-corrected chi connectivity index (χ4v) is 3.58. The van der Waals surface area contributed by atoms with Gasteiger partial charge in [0.05, 0.1) is 11.0 Å². The van der Waals surface area contributed by atoms with Gasteiger partial charge in [0.2, 0.25) is 10.0 Å². The van der Waals surface area contributed by atoms with Crippen LogP contribution in [0.5, 0.6) is 0 Å². The Labute approximate surface area is 142 Å². The highest BCUT2D eigenvalue weighted by Gasteiger charge is 2.31. The highest BCUT2D eigenvalue weighted by Crippen LogP contribution is 2.23. The van der Waals surface area contributed by atoms with Crippen molar-refractivity contribution in [3.8, 4) is 0 Å². The average Bonchev–Trinajstić information content (AvgIpc) is 2.45. The highest BCUT2D eigenvalue weighted by atomic mass is 79.9. The van der Waals surface area contributed by atoms with E-state index in [2.05, 4.69) is 20.7 Å². The number of nitrogens with one attached hydrogen (secondary N) is 1. The summed E-state index contributed by atoms with van der Waals surface area (Å²) in [6.45, 7) is 3.28. The van der Waals surface area contributed by atoms with Gasteiger partial charge in [-0.15, -0.1) is 0 Å². The number of carbonyl (C=O) groups is 1. The predicted octanol–water partition coefficient (Wildman–Crippen LogP) is 1.98. The number of rotatable bonds is 8.